The third-order valence-electron chi connectivity index (χ3n) is 2.68. The molecule has 0 fully saturated rings. The Morgan fingerprint density at radius 2 is 1.95 bits per heavy atom. The molecule has 6 heteroatoms. The summed E-state index contributed by atoms with van der Waals surface area (Å²) in [7, 11) is 0. The van der Waals surface area contributed by atoms with E-state index in [2.05, 4.69) is 14.9 Å². The van der Waals surface area contributed by atoms with Crippen molar-refractivity contribution in [1.29, 1.82) is 0 Å². The van der Waals surface area contributed by atoms with E-state index in [1.54, 1.807) is 0 Å². The van der Waals surface area contributed by atoms with Crippen molar-refractivity contribution in [1.82, 2.24) is 14.9 Å². The summed E-state index contributed by atoms with van der Waals surface area (Å²) < 4.78 is 9.26. The third kappa shape index (κ3) is 3.77. The molecule has 0 aliphatic carbocycles. The van der Waals surface area contributed by atoms with E-state index in [0.29, 0.717) is 4.88 Å². The second-order valence-corrected chi connectivity index (χ2v) is 5.50. The summed E-state index contributed by atoms with van der Waals surface area (Å²) in [5.74, 6) is 0.670. The van der Waals surface area contributed by atoms with Gasteiger partial charge in [-0.2, -0.15) is 0 Å². The number of nitrogens with one attached hydrogen (secondary N) is 1. The molecule has 1 unspecified atom stereocenters. The fourth-order valence-corrected chi connectivity index (χ4v) is 2.14. The number of nitrogens with zero attached hydrogens (tertiary/aromatic N) is 2. The van der Waals surface area contributed by atoms with Crippen LogP contribution in [-0.4, -0.2) is 21.6 Å². The van der Waals surface area contributed by atoms with Crippen molar-refractivity contribution in [3.05, 3.63) is 40.9 Å². The summed E-state index contributed by atoms with van der Waals surface area (Å²) >= 11 is 1.08. The molecule has 0 aliphatic rings. The van der Waals surface area contributed by atoms with Crippen LogP contribution in [0, 0.1) is 0 Å². The summed E-state index contributed by atoms with van der Waals surface area (Å²) in [5.41, 5.74) is 1.02. The lowest BCUT2D eigenvalue weighted by atomic mass is 10.1. The molecule has 1 aromatic heterocycles. The van der Waals surface area contributed by atoms with Gasteiger partial charge in [0.05, 0.1) is 18.3 Å². The minimum Gasteiger partial charge on any atom is -0.491 e. The van der Waals surface area contributed by atoms with E-state index in [4.69, 9.17) is 4.74 Å². The zero-order chi connectivity index (χ0) is 14.5. The van der Waals surface area contributed by atoms with E-state index in [0.717, 1.165) is 22.8 Å². The maximum Gasteiger partial charge on any atom is 0.265 e. The molecule has 0 aliphatic heterocycles. The monoisotopic (exact) mass is 291 g/mol. The predicted octanol–water partition coefficient (Wildman–Crippen LogP) is 2.82. The second-order valence-electron chi connectivity index (χ2n) is 4.71. The molecular weight excluding hydrogens is 274 g/mol. The van der Waals surface area contributed by atoms with Crippen molar-refractivity contribution >= 4 is 17.4 Å². The standard InChI is InChI=1S/C14H17N3O2S/c1-9(2)19-12-6-4-11(5-7-12)10(3)16-14(18)13-8-15-17-20-13/h4-10H,1-3H3,(H,16,18). The van der Waals surface area contributed by atoms with Crippen LogP contribution in [0.3, 0.4) is 0 Å². The Kier molecular flexibility index (Phi) is 4.68. The molecule has 20 heavy (non-hydrogen) atoms. The molecule has 0 saturated carbocycles. The van der Waals surface area contributed by atoms with Crippen LogP contribution in [0.1, 0.15) is 42.0 Å². The van der Waals surface area contributed by atoms with Crippen LogP contribution in [0.5, 0.6) is 5.75 Å². The Labute approximate surface area is 122 Å². The van der Waals surface area contributed by atoms with Crippen LogP contribution in [0.25, 0.3) is 0 Å². The van der Waals surface area contributed by atoms with Gasteiger partial charge in [-0.1, -0.05) is 16.6 Å². The van der Waals surface area contributed by atoms with E-state index < -0.39 is 0 Å². The van der Waals surface area contributed by atoms with Crippen LogP contribution in [-0.2, 0) is 0 Å². The number of rotatable bonds is 5. The van der Waals surface area contributed by atoms with Gasteiger partial charge < -0.3 is 10.1 Å². The molecular formula is C14H17N3O2S. The SMILES string of the molecule is CC(C)Oc1ccc(C(C)NC(=O)c2cnns2)cc1. The van der Waals surface area contributed by atoms with Gasteiger partial charge in [0.1, 0.15) is 10.6 Å². The van der Waals surface area contributed by atoms with Crippen LogP contribution >= 0.6 is 11.5 Å². The summed E-state index contributed by atoms with van der Waals surface area (Å²) in [6.07, 6.45) is 1.61. The molecule has 2 aromatic rings. The zero-order valence-corrected chi connectivity index (χ0v) is 12.5. The molecule has 106 valence electrons. The van der Waals surface area contributed by atoms with Crippen molar-refractivity contribution in [2.45, 2.75) is 32.9 Å². The van der Waals surface area contributed by atoms with Gasteiger partial charge in [0.2, 0.25) is 0 Å². The van der Waals surface area contributed by atoms with Crippen molar-refractivity contribution in [2.24, 2.45) is 0 Å². The van der Waals surface area contributed by atoms with Crippen molar-refractivity contribution in [3.8, 4) is 5.75 Å². The lowest BCUT2D eigenvalue weighted by Crippen LogP contribution is -2.25. The van der Waals surface area contributed by atoms with E-state index >= 15 is 0 Å². The lowest BCUT2D eigenvalue weighted by molar-refractivity contribution is 0.0944. The molecule has 1 amide bonds. The first-order valence-electron chi connectivity index (χ1n) is 6.41. The number of hydrogen-bond acceptors (Lipinski definition) is 5. The average Bonchev–Trinajstić information content (AvgIpc) is 2.92. The number of amides is 1. The van der Waals surface area contributed by atoms with Crippen molar-refractivity contribution in [2.75, 3.05) is 0 Å². The van der Waals surface area contributed by atoms with E-state index in [-0.39, 0.29) is 18.1 Å². The van der Waals surface area contributed by atoms with Crippen LogP contribution in [0.2, 0.25) is 0 Å². The zero-order valence-electron chi connectivity index (χ0n) is 11.7. The Hall–Kier alpha value is -1.95. The molecule has 2 rings (SSSR count). The summed E-state index contributed by atoms with van der Waals surface area (Å²) in [6, 6.07) is 7.64. The maximum atomic E-state index is 11.9. The lowest BCUT2D eigenvalue weighted by Gasteiger charge is -2.15. The number of carbonyl (C=O) groups excluding carboxylic acids is 1. The van der Waals surface area contributed by atoms with E-state index in [1.807, 2.05) is 45.0 Å². The van der Waals surface area contributed by atoms with Gasteiger partial charge in [-0.3, -0.25) is 4.79 Å². The van der Waals surface area contributed by atoms with Gasteiger partial charge in [-0.05, 0) is 50.0 Å². The molecule has 0 radical (unpaired) electrons. The van der Waals surface area contributed by atoms with Gasteiger partial charge in [0.25, 0.3) is 5.91 Å². The molecule has 0 bridgehead atoms. The van der Waals surface area contributed by atoms with Crippen LogP contribution < -0.4 is 10.1 Å². The van der Waals surface area contributed by atoms with Gasteiger partial charge >= 0.3 is 0 Å². The van der Waals surface area contributed by atoms with E-state index in [9.17, 15) is 4.79 Å². The van der Waals surface area contributed by atoms with Crippen molar-refractivity contribution in [3.63, 3.8) is 0 Å². The first kappa shape index (κ1) is 14.5. The molecule has 0 spiro atoms. The number of ether oxygens (including phenoxy) is 1. The molecule has 1 atom stereocenters. The molecule has 1 N–H and O–H groups in total. The van der Waals surface area contributed by atoms with Gasteiger partial charge in [0.15, 0.2) is 0 Å². The predicted molar refractivity (Wildman–Crippen MR) is 78.0 cm³/mol. The molecule has 1 heterocycles. The number of benzene rings is 1. The first-order chi connectivity index (χ1) is 9.56. The minimum absolute atomic E-state index is 0.0855. The number of carbonyl (C=O) groups is 1. The maximum absolute atomic E-state index is 11.9. The number of hydrogen-bond donors (Lipinski definition) is 1. The van der Waals surface area contributed by atoms with Crippen molar-refractivity contribution < 1.29 is 9.53 Å². The highest BCUT2D eigenvalue weighted by atomic mass is 32.1. The Morgan fingerprint density at radius 1 is 1.25 bits per heavy atom. The smallest absolute Gasteiger partial charge is 0.265 e. The Balaban J connectivity index is 1.98. The second kappa shape index (κ2) is 6.47. The molecule has 5 nitrogen and oxygen atoms in total. The average molecular weight is 291 g/mol. The van der Waals surface area contributed by atoms with E-state index in [1.165, 1.54) is 6.20 Å². The van der Waals surface area contributed by atoms with Crippen LogP contribution in [0.15, 0.2) is 30.5 Å². The minimum atomic E-state index is -0.157. The number of aromatic nitrogens is 2. The summed E-state index contributed by atoms with van der Waals surface area (Å²) in [4.78, 5) is 12.4. The largest absolute Gasteiger partial charge is 0.491 e. The Morgan fingerprint density at radius 3 is 2.50 bits per heavy atom. The highest BCUT2D eigenvalue weighted by molar-refractivity contribution is 7.07. The highest BCUT2D eigenvalue weighted by Gasteiger charge is 2.13. The quantitative estimate of drug-likeness (QED) is 0.920. The normalized spacial score (nSPS) is 12.2. The Bertz CT molecular complexity index is 552. The highest BCUT2D eigenvalue weighted by Crippen LogP contribution is 2.19. The van der Waals surface area contributed by atoms with Gasteiger partial charge in [-0.25, -0.2) is 0 Å². The summed E-state index contributed by atoms with van der Waals surface area (Å²) in [6.45, 7) is 5.91. The topological polar surface area (TPSA) is 64.1 Å². The molecule has 1 aromatic carbocycles. The molecule has 0 saturated heterocycles. The van der Waals surface area contributed by atoms with Gasteiger partial charge in [-0.15, -0.1) is 5.10 Å². The third-order valence-corrected chi connectivity index (χ3v) is 3.35. The first-order valence-corrected chi connectivity index (χ1v) is 7.18. The van der Waals surface area contributed by atoms with Gasteiger partial charge in [0, 0.05) is 0 Å². The summed E-state index contributed by atoms with van der Waals surface area (Å²) in [5, 5.41) is 6.56. The fourth-order valence-electron chi connectivity index (χ4n) is 1.73. The van der Waals surface area contributed by atoms with Crippen LogP contribution in [0.4, 0.5) is 0 Å². The fraction of sp³-hybridized carbons (Fsp3) is 0.357.